The molecule has 2 nitrogen and oxygen atoms in total. The van der Waals surface area contributed by atoms with Crippen molar-refractivity contribution in [1.82, 2.24) is 0 Å². The molecule has 35 heavy (non-hydrogen) atoms. The lowest BCUT2D eigenvalue weighted by atomic mass is 9.95. The fourth-order valence-corrected chi connectivity index (χ4v) is 6.08. The molecule has 8 aromatic rings. The number of fused-ring (bicyclic) bond motifs is 8. The van der Waals surface area contributed by atoms with E-state index in [-0.39, 0.29) is 0 Å². The number of rotatable bonds is 3. The summed E-state index contributed by atoms with van der Waals surface area (Å²) in [5, 5.41) is 15.9. The molecule has 0 saturated carbocycles. The van der Waals surface area contributed by atoms with Gasteiger partial charge in [0.05, 0.1) is 7.11 Å². The van der Waals surface area contributed by atoms with Crippen LogP contribution in [-0.4, -0.2) is 7.11 Å². The zero-order valence-corrected chi connectivity index (χ0v) is 19.1. The van der Waals surface area contributed by atoms with Crippen LogP contribution in [0.25, 0.3) is 64.6 Å². The van der Waals surface area contributed by atoms with Gasteiger partial charge < -0.3 is 9.47 Å². The minimum absolute atomic E-state index is 0.794. The molecular formula is C33H20O2. The molecule has 0 aromatic heterocycles. The van der Waals surface area contributed by atoms with Gasteiger partial charge in [-0.2, -0.15) is 0 Å². The summed E-state index contributed by atoms with van der Waals surface area (Å²) in [5.74, 6) is 2.45. The first kappa shape index (κ1) is 18.8. The minimum atomic E-state index is 0.794. The SMILES string of the molecule is COc1ccc(Oc2ccc3c(c2)c2cccc4c5c6ccccc6c6cccc(c65)c3c24)cc1. The van der Waals surface area contributed by atoms with E-state index in [1.165, 1.54) is 64.6 Å². The highest BCUT2D eigenvalue weighted by molar-refractivity contribution is 6.47. The van der Waals surface area contributed by atoms with Gasteiger partial charge in [0, 0.05) is 0 Å². The molecule has 0 unspecified atom stereocenters. The van der Waals surface area contributed by atoms with Gasteiger partial charge in [-0.15, -0.1) is 0 Å². The molecular weight excluding hydrogens is 428 g/mol. The lowest BCUT2D eigenvalue weighted by molar-refractivity contribution is 0.413. The van der Waals surface area contributed by atoms with E-state index in [0.29, 0.717) is 0 Å². The second kappa shape index (κ2) is 6.74. The average Bonchev–Trinajstić information content (AvgIpc) is 3.42. The first-order valence-corrected chi connectivity index (χ1v) is 11.9. The summed E-state index contributed by atoms with van der Waals surface area (Å²) in [6, 6.07) is 36.5. The van der Waals surface area contributed by atoms with E-state index in [2.05, 4.69) is 78.9 Å². The summed E-state index contributed by atoms with van der Waals surface area (Å²) < 4.78 is 11.5. The molecule has 0 aliphatic carbocycles. The Morgan fingerprint density at radius 3 is 1.46 bits per heavy atom. The summed E-state index contributed by atoms with van der Waals surface area (Å²) in [7, 11) is 1.67. The van der Waals surface area contributed by atoms with Gasteiger partial charge >= 0.3 is 0 Å². The Kier molecular flexibility index (Phi) is 3.62. The van der Waals surface area contributed by atoms with Crippen LogP contribution in [0, 0.1) is 0 Å². The van der Waals surface area contributed by atoms with Crippen LogP contribution in [0.5, 0.6) is 17.2 Å². The van der Waals surface area contributed by atoms with Gasteiger partial charge in [0.2, 0.25) is 0 Å². The van der Waals surface area contributed by atoms with E-state index < -0.39 is 0 Å². The van der Waals surface area contributed by atoms with Crippen LogP contribution in [0.2, 0.25) is 0 Å². The first-order chi connectivity index (χ1) is 17.3. The summed E-state index contributed by atoms with van der Waals surface area (Å²) in [6.07, 6.45) is 0. The number of hydrogen-bond donors (Lipinski definition) is 0. The molecule has 0 N–H and O–H groups in total. The number of methoxy groups -OCH3 is 1. The summed E-state index contributed by atoms with van der Waals surface area (Å²) in [5.41, 5.74) is 0. The van der Waals surface area contributed by atoms with E-state index in [9.17, 15) is 0 Å². The minimum Gasteiger partial charge on any atom is -0.497 e. The van der Waals surface area contributed by atoms with Crippen molar-refractivity contribution in [3.05, 3.63) is 103 Å². The van der Waals surface area contributed by atoms with Gasteiger partial charge in [0.1, 0.15) is 17.2 Å². The van der Waals surface area contributed by atoms with E-state index in [0.717, 1.165) is 17.2 Å². The fourth-order valence-electron chi connectivity index (χ4n) is 6.08. The standard InChI is InChI=1S/C33H20O2/c1-34-19-12-14-20(15-13-19)35-21-16-17-26-29(18-21)25-9-5-11-27-30-23-7-3-2-6-22(23)24-8-4-10-28(31(24)30)33(26)32(25)27/h2-18H,1H3. The molecule has 0 spiro atoms. The molecule has 0 fully saturated rings. The third-order valence-corrected chi connectivity index (χ3v) is 7.50. The lowest BCUT2D eigenvalue weighted by Crippen LogP contribution is -1.85. The molecule has 0 radical (unpaired) electrons. The second-order valence-corrected chi connectivity index (χ2v) is 9.24. The van der Waals surface area contributed by atoms with E-state index in [1.807, 2.05) is 24.3 Å². The molecule has 0 aliphatic rings. The van der Waals surface area contributed by atoms with Gasteiger partial charge in [0.15, 0.2) is 0 Å². The highest BCUT2D eigenvalue weighted by Crippen LogP contribution is 2.50. The van der Waals surface area contributed by atoms with E-state index >= 15 is 0 Å². The topological polar surface area (TPSA) is 18.5 Å². The van der Waals surface area contributed by atoms with Crippen molar-refractivity contribution in [2.75, 3.05) is 7.11 Å². The Bertz CT molecular complexity index is 2050. The van der Waals surface area contributed by atoms with Gasteiger partial charge in [0.25, 0.3) is 0 Å². The summed E-state index contributed by atoms with van der Waals surface area (Å²) >= 11 is 0. The highest BCUT2D eigenvalue weighted by Gasteiger charge is 2.21. The normalized spacial score (nSPS) is 12.1. The maximum atomic E-state index is 6.23. The third kappa shape index (κ3) is 2.43. The van der Waals surface area contributed by atoms with Crippen LogP contribution in [-0.2, 0) is 0 Å². The largest absolute Gasteiger partial charge is 0.497 e. The Balaban J connectivity index is 1.47. The number of benzene rings is 6. The molecule has 0 heterocycles. The Hall–Kier alpha value is -4.56. The summed E-state index contributed by atoms with van der Waals surface area (Å²) in [6.45, 7) is 0. The van der Waals surface area contributed by atoms with Crippen molar-refractivity contribution < 1.29 is 9.47 Å². The van der Waals surface area contributed by atoms with Crippen LogP contribution in [0.3, 0.4) is 0 Å². The van der Waals surface area contributed by atoms with Crippen LogP contribution in [0.4, 0.5) is 0 Å². The van der Waals surface area contributed by atoms with Crippen molar-refractivity contribution >= 4 is 64.6 Å². The van der Waals surface area contributed by atoms with Crippen molar-refractivity contribution in [2.24, 2.45) is 0 Å². The molecule has 164 valence electrons. The van der Waals surface area contributed by atoms with Crippen molar-refractivity contribution in [1.29, 1.82) is 0 Å². The highest BCUT2D eigenvalue weighted by atomic mass is 16.5. The van der Waals surface area contributed by atoms with Crippen LogP contribution in [0.1, 0.15) is 0 Å². The quantitative estimate of drug-likeness (QED) is 0.251. The molecule has 8 rings (SSSR count). The van der Waals surface area contributed by atoms with E-state index in [4.69, 9.17) is 9.47 Å². The average molecular weight is 449 g/mol. The maximum absolute atomic E-state index is 6.23. The van der Waals surface area contributed by atoms with Crippen LogP contribution >= 0.6 is 0 Å². The predicted molar refractivity (Wildman–Crippen MR) is 147 cm³/mol. The van der Waals surface area contributed by atoms with Crippen molar-refractivity contribution in [3.8, 4) is 17.2 Å². The first-order valence-electron chi connectivity index (χ1n) is 11.9. The third-order valence-electron chi connectivity index (χ3n) is 7.50. The molecule has 0 aliphatic heterocycles. The van der Waals surface area contributed by atoms with Crippen LogP contribution < -0.4 is 9.47 Å². The zero-order chi connectivity index (χ0) is 23.1. The molecule has 0 saturated heterocycles. The number of hydrogen-bond acceptors (Lipinski definition) is 2. The van der Waals surface area contributed by atoms with Crippen LogP contribution in [0.15, 0.2) is 103 Å². The Morgan fingerprint density at radius 1 is 0.371 bits per heavy atom. The van der Waals surface area contributed by atoms with Gasteiger partial charge in [-0.1, -0.05) is 66.7 Å². The number of ether oxygens (including phenoxy) is 2. The zero-order valence-electron chi connectivity index (χ0n) is 19.1. The van der Waals surface area contributed by atoms with Gasteiger partial charge in [-0.3, -0.25) is 0 Å². The summed E-state index contributed by atoms with van der Waals surface area (Å²) in [4.78, 5) is 0. The molecule has 0 bridgehead atoms. The van der Waals surface area contributed by atoms with E-state index in [1.54, 1.807) is 7.11 Å². The molecule has 8 aromatic carbocycles. The van der Waals surface area contributed by atoms with Crippen molar-refractivity contribution in [2.45, 2.75) is 0 Å². The van der Waals surface area contributed by atoms with Gasteiger partial charge in [-0.25, -0.2) is 0 Å². The van der Waals surface area contributed by atoms with Crippen molar-refractivity contribution in [3.63, 3.8) is 0 Å². The van der Waals surface area contributed by atoms with Gasteiger partial charge in [-0.05, 0) is 101 Å². The smallest absolute Gasteiger partial charge is 0.128 e. The Labute approximate surface area is 201 Å². The fraction of sp³-hybridized carbons (Fsp3) is 0.0303. The maximum Gasteiger partial charge on any atom is 0.128 e. The monoisotopic (exact) mass is 448 g/mol. The predicted octanol–water partition coefficient (Wildman–Crippen LogP) is 9.28. The second-order valence-electron chi connectivity index (χ2n) is 9.24. The Morgan fingerprint density at radius 2 is 0.829 bits per heavy atom. The molecule has 0 atom stereocenters. The molecule has 0 amide bonds. The molecule has 2 heteroatoms. The lowest BCUT2D eigenvalue weighted by Gasteiger charge is -2.08.